The van der Waals surface area contributed by atoms with E-state index in [0.29, 0.717) is 11.2 Å². The number of hydrogen-bond donors (Lipinski definition) is 1. The Balaban J connectivity index is 2.72. The lowest BCUT2D eigenvalue weighted by atomic mass is 9.91. The molecule has 1 aromatic heterocycles. The maximum absolute atomic E-state index is 9.84. The van der Waals surface area contributed by atoms with E-state index in [4.69, 9.17) is 7.85 Å². The number of fused-ring (bicyclic) bond motifs is 1. The lowest BCUT2D eigenvalue weighted by molar-refractivity contribution is 0.503. The van der Waals surface area contributed by atoms with Crippen LogP contribution in [0.3, 0.4) is 0 Å². The topological polar surface area (TPSA) is 33.1 Å². The van der Waals surface area contributed by atoms with Gasteiger partial charge in [-0.25, -0.2) is 4.98 Å². The van der Waals surface area contributed by atoms with Crippen LogP contribution in [-0.4, -0.2) is 17.9 Å². The van der Waals surface area contributed by atoms with Crippen LogP contribution in [0, 0.1) is 0 Å². The maximum atomic E-state index is 9.84. The largest absolute Gasteiger partial charge is 0.506 e. The maximum Gasteiger partial charge on any atom is 0.139 e. The van der Waals surface area contributed by atoms with Gasteiger partial charge >= 0.3 is 0 Å². The van der Waals surface area contributed by atoms with Crippen LogP contribution in [0.2, 0.25) is 0 Å². The van der Waals surface area contributed by atoms with Crippen molar-refractivity contribution in [2.45, 2.75) is 13.8 Å². The number of aliphatic hydroxyl groups is 1. The van der Waals surface area contributed by atoms with Crippen molar-refractivity contribution < 1.29 is 5.11 Å². The highest BCUT2D eigenvalue weighted by Gasteiger charge is 2.06. The molecule has 0 saturated heterocycles. The Morgan fingerprint density at radius 2 is 1.94 bits per heavy atom. The van der Waals surface area contributed by atoms with Crippen LogP contribution in [0.25, 0.3) is 16.7 Å². The first kappa shape index (κ1) is 10.7. The Kier molecular flexibility index (Phi) is 2.69. The third-order valence-electron chi connectivity index (χ3n) is 2.46. The van der Waals surface area contributed by atoms with Crippen molar-refractivity contribution in [1.29, 1.82) is 0 Å². The van der Waals surface area contributed by atoms with E-state index in [1.807, 2.05) is 38.1 Å². The van der Waals surface area contributed by atoms with Gasteiger partial charge < -0.3 is 5.11 Å². The van der Waals surface area contributed by atoms with E-state index in [9.17, 15) is 5.11 Å². The average Bonchev–Trinajstić information content (AvgIpc) is 2.28. The van der Waals surface area contributed by atoms with Gasteiger partial charge in [-0.15, -0.1) is 0 Å². The summed E-state index contributed by atoms with van der Waals surface area (Å²) in [5, 5.41) is 10.8. The Hall–Kier alpha value is -1.77. The molecule has 0 amide bonds. The quantitative estimate of drug-likeness (QED) is 0.577. The Labute approximate surface area is 96.0 Å². The van der Waals surface area contributed by atoms with Gasteiger partial charge in [0.05, 0.1) is 5.52 Å². The molecule has 2 aromatic rings. The van der Waals surface area contributed by atoms with Gasteiger partial charge in [-0.2, -0.15) is 0 Å². The fourth-order valence-electron chi connectivity index (χ4n) is 1.58. The summed E-state index contributed by atoms with van der Waals surface area (Å²) in [4.78, 5) is 4.37. The SMILES string of the molecule is [B]c1cc(C(O)=C(C)C)nc2ccccc12. The van der Waals surface area contributed by atoms with Crippen LogP contribution in [0.1, 0.15) is 19.5 Å². The third-order valence-corrected chi connectivity index (χ3v) is 2.46. The summed E-state index contributed by atoms with van der Waals surface area (Å²) in [5.74, 6) is 0.192. The highest BCUT2D eigenvalue weighted by atomic mass is 16.3. The Morgan fingerprint density at radius 3 is 2.62 bits per heavy atom. The lowest BCUT2D eigenvalue weighted by Crippen LogP contribution is -2.08. The molecule has 78 valence electrons. The van der Waals surface area contributed by atoms with E-state index in [-0.39, 0.29) is 5.76 Å². The normalized spacial score (nSPS) is 10.4. The zero-order valence-corrected chi connectivity index (χ0v) is 9.36. The number of hydrogen-bond acceptors (Lipinski definition) is 2. The molecule has 3 heteroatoms. The molecule has 0 atom stereocenters. The van der Waals surface area contributed by atoms with Crippen molar-refractivity contribution in [2.75, 3.05) is 0 Å². The van der Waals surface area contributed by atoms with Crippen molar-refractivity contribution in [3.8, 4) is 0 Å². The van der Waals surface area contributed by atoms with Crippen molar-refractivity contribution in [3.05, 3.63) is 41.6 Å². The van der Waals surface area contributed by atoms with Crippen LogP contribution in [0.5, 0.6) is 0 Å². The number of allylic oxidation sites excluding steroid dienone is 1. The van der Waals surface area contributed by atoms with E-state index >= 15 is 0 Å². The minimum Gasteiger partial charge on any atom is -0.506 e. The van der Waals surface area contributed by atoms with Gasteiger partial charge in [0.25, 0.3) is 0 Å². The number of pyridine rings is 1. The minimum absolute atomic E-state index is 0.192. The molecule has 0 aliphatic heterocycles. The van der Waals surface area contributed by atoms with Crippen LogP contribution in [0.15, 0.2) is 35.9 Å². The number of nitrogens with zero attached hydrogens (tertiary/aromatic N) is 1. The van der Waals surface area contributed by atoms with Gasteiger partial charge in [-0.3, -0.25) is 0 Å². The first-order valence-corrected chi connectivity index (χ1v) is 5.11. The number of para-hydroxylation sites is 1. The van der Waals surface area contributed by atoms with Crippen LogP contribution < -0.4 is 5.46 Å². The molecule has 0 saturated carbocycles. The predicted octanol–water partition coefficient (Wildman–Crippen LogP) is 2.34. The Bertz CT molecular complexity index is 571. The Morgan fingerprint density at radius 1 is 1.25 bits per heavy atom. The van der Waals surface area contributed by atoms with Crippen molar-refractivity contribution >= 4 is 30.0 Å². The second-order valence-electron chi connectivity index (χ2n) is 3.96. The molecule has 0 aliphatic carbocycles. The third kappa shape index (κ3) is 1.81. The molecule has 1 N–H and O–H groups in total. The standard InChI is InChI=1S/C13H12BNO/c1-8(2)13(16)12-7-10(14)9-5-3-4-6-11(9)15-12/h3-7,16H,1-2H3. The molecule has 1 heterocycles. The molecule has 0 spiro atoms. The van der Waals surface area contributed by atoms with Crippen LogP contribution >= 0.6 is 0 Å². The first-order valence-electron chi connectivity index (χ1n) is 5.11. The zero-order chi connectivity index (χ0) is 11.7. The number of benzene rings is 1. The van der Waals surface area contributed by atoms with Crippen molar-refractivity contribution in [2.24, 2.45) is 0 Å². The van der Waals surface area contributed by atoms with Gasteiger partial charge in [-0.05, 0) is 36.9 Å². The molecule has 0 aliphatic rings. The molecule has 0 fully saturated rings. The summed E-state index contributed by atoms with van der Waals surface area (Å²) in [6, 6.07) is 9.32. The fourth-order valence-corrected chi connectivity index (χ4v) is 1.58. The van der Waals surface area contributed by atoms with E-state index in [2.05, 4.69) is 4.98 Å². The molecule has 16 heavy (non-hydrogen) atoms. The van der Waals surface area contributed by atoms with Gasteiger partial charge in [-0.1, -0.05) is 23.7 Å². The molecular weight excluding hydrogens is 197 g/mol. The van der Waals surface area contributed by atoms with Crippen LogP contribution in [0.4, 0.5) is 0 Å². The molecule has 2 nitrogen and oxygen atoms in total. The predicted molar refractivity (Wildman–Crippen MR) is 68.0 cm³/mol. The molecular formula is C13H12BNO. The van der Waals surface area contributed by atoms with Crippen molar-refractivity contribution in [1.82, 2.24) is 4.98 Å². The summed E-state index contributed by atoms with van der Waals surface area (Å²) in [6.07, 6.45) is 0. The lowest BCUT2D eigenvalue weighted by Gasteiger charge is -2.07. The minimum atomic E-state index is 0.192. The zero-order valence-electron chi connectivity index (χ0n) is 9.36. The fraction of sp³-hybridized carbons (Fsp3) is 0.154. The smallest absolute Gasteiger partial charge is 0.139 e. The summed E-state index contributed by atoms with van der Waals surface area (Å²) >= 11 is 0. The molecule has 2 radical (unpaired) electrons. The second kappa shape index (κ2) is 4.01. The number of aliphatic hydroxyl groups excluding tert-OH is 1. The first-order chi connectivity index (χ1) is 7.59. The number of rotatable bonds is 1. The van der Waals surface area contributed by atoms with Crippen LogP contribution in [-0.2, 0) is 0 Å². The van der Waals surface area contributed by atoms with E-state index in [1.165, 1.54) is 0 Å². The highest BCUT2D eigenvalue weighted by Crippen LogP contribution is 2.16. The monoisotopic (exact) mass is 209 g/mol. The van der Waals surface area contributed by atoms with E-state index in [1.54, 1.807) is 6.07 Å². The van der Waals surface area contributed by atoms with E-state index < -0.39 is 0 Å². The summed E-state index contributed by atoms with van der Waals surface area (Å²) in [7, 11) is 5.92. The van der Waals surface area contributed by atoms with Crippen molar-refractivity contribution in [3.63, 3.8) is 0 Å². The van der Waals surface area contributed by atoms with E-state index in [0.717, 1.165) is 16.5 Å². The molecule has 2 rings (SSSR count). The average molecular weight is 209 g/mol. The summed E-state index contributed by atoms with van der Waals surface area (Å²) in [6.45, 7) is 3.67. The summed E-state index contributed by atoms with van der Waals surface area (Å²) in [5.41, 5.74) is 2.78. The van der Waals surface area contributed by atoms with Gasteiger partial charge in [0, 0.05) is 0 Å². The molecule has 1 aromatic carbocycles. The summed E-state index contributed by atoms with van der Waals surface area (Å²) < 4.78 is 0. The van der Waals surface area contributed by atoms with Gasteiger partial charge in [0.15, 0.2) is 0 Å². The highest BCUT2D eigenvalue weighted by molar-refractivity contribution is 6.38. The molecule has 0 unspecified atom stereocenters. The number of aromatic nitrogens is 1. The second-order valence-corrected chi connectivity index (χ2v) is 3.96. The van der Waals surface area contributed by atoms with Gasteiger partial charge in [0.2, 0.25) is 0 Å². The van der Waals surface area contributed by atoms with Gasteiger partial charge in [0.1, 0.15) is 19.3 Å². The molecule has 0 bridgehead atoms.